The van der Waals surface area contributed by atoms with E-state index in [4.69, 9.17) is 0 Å². The lowest BCUT2D eigenvalue weighted by molar-refractivity contribution is -0.394. The van der Waals surface area contributed by atoms with E-state index in [-0.39, 0.29) is 11.9 Å². The van der Waals surface area contributed by atoms with Gasteiger partial charge in [0, 0.05) is 7.05 Å². The number of hydrogen-bond acceptors (Lipinski definition) is 5. The van der Waals surface area contributed by atoms with Crippen LogP contribution in [-0.4, -0.2) is 27.2 Å². The minimum absolute atomic E-state index is 0.215. The second kappa shape index (κ2) is 2.29. The maximum atomic E-state index is 9.97. The van der Waals surface area contributed by atoms with Crippen LogP contribution in [0.15, 0.2) is 0 Å². The molecule has 0 fully saturated rings. The molecule has 0 amide bonds. The minimum Gasteiger partial charge on any atom is -0.390 e. The van der Waals surface area contributed by atoms with Gasteiger partial charge in [-0.1, -0.05) is 5.10 Å². The third-order valence-electron chi connectivity index (χ3n) is 0.870. The van der Waals surface area contributed by atoms with Crippen molar-refractivity contribution < 1.29 is 4.92 Å². The summed E-state index contributed by atoms with van der Waals surface area (Å²) in [5, 5.41) is 18.1. The summed E-state index contributed by atoms with van der Waals surface area (Å²) in [6, 6.07) is 0. The van der Waals surface area contributed by atoms with Gasteiger partial charge in [-0.25, -0.2) is 0 Å². The van der Waals surface area contributed by atoms with E-state index < -0.39 is 4.92 Å². The third kappa shape index (κ3) is 1.02. The Bertz CT molecular complexity index is 243. The number of nitrogens with one attached hydrogen (secondary N) is 2. The molecule has 1 aromatic heterocycles. The molecule has 0 spiro atoms. The second-order valence-corrected chi connectivity index (χ2v) is 1.49. The van der Waals surface area contributed by atoms with E-state index >= 15 is 0 Å². The molecule has 0 bridgehead atoms. The first-order chi connectivity index (χ1) is 4.74. The summed E-state index contributed by atoms with van der Waals surface area (Å²) in [4.78, 5) is 12.8. The van der Waals surface area contributed by atoms with Crippen LogP contribution in [0.5, 0.6) is 0 Å². The first-order valence-corrected chi connectivity index (χ1v) is 2.48. The first kappa shape index (κ1) is 6.46. The first-order valence-electron chi connectivity index (χ1n) is 2.48. The van der Waals surface area contributed by atoms with Crippen molar-refractivity contribution in [2.24, 2.45) is 0 Å². The molecule has 2 N–H and O–H groups in total. The van der Waals surface area contributed by atoms with Crippen molar-refractivity contribution >= 4 is 11.9 Å². The van der Waals surface area contributed by atoms with Crippen LogP contribution >= 0.6 is 0 Å². The van der Waals surface area contributed by atoms with E-state index in [1.807, 2.05) is 0 Å². The summed E-state index contributed by atoms with van der Waals surface area (Å²) in [6.07, 6.45) is 0. The molecule has 0 aliphatic carbocycles. The molecule has 1 rings (SSSR count). The Hall–Kier alpha value is -1.66. The normalized spacial score (nSPS) is 9.30. The maximum Gasteiger partial charge on any atom is 0.455 e. The topological polar surface area (TPSA) is 96.7 Å². The molecular formula is C3H5N5O2. The third-order valence-corrected chi connectivity index (χ3v) is 0.870. The Kier molecular flexibility index (Phi) is 1.48. The van der Waals surface area contributed by atoms with Crippen molar-refractivity contribution in [2.45, 2.75) is 0 Å². The number of H-pyrrole nitrogens is 1. The average molecular weight is 143 g/mol. The quantitative estimate of drug-likeness (QED) is 0.439. The van der Waals surface area contributed by atoms with Gasteiger partial charge in [-0.15, -0.1) is 5.10 Å². The molecular weight excluding hydrogens is 138 g/mol. The number of nitrogens with zero attached hydrogens (tertiary/aromatic N) is 3. The van der Waals surface area contributed by atoms with Gasteiger partial charge < -0.3 is 15.4 Å². The van der Waals surface area contributed by atoms with Gasteiger partial charge in [-0.3, -0.25) is 0 Å². The fourth-order valence-electron chi connectivity index (χ4n) is 0.447. The van der Waals surface area contributed by atoms with Gasteiger partial charge in [0.15, 0.2) is 0 Å². The van der Waals surface area contributed by atoms with E-state index in [0.29, 0.717) is 0 Å². The zero-order valence-corrected chi connectivity index (χ0v) is 5.16. The zero-order valence-electron chi connectivity index (χ0n) is 5.16. The lowest BCUT2D eigenvalue weighted by atomic mass is 11.0. The molecule has 0 aliphatic rings. The zero-order chi connectivity index (χ0) is 7.56. The molecule has 0 radical (unpaired) electrons. The highest BCUT2D eigenvalue weighted by Crippen LogP contribution is 2.03. The van der Waals surface area contributed by atoms with Gasteiger partial charge in [0.2, 0.25) is 0 Å². The summed E-state index contributed by atoms with van der Waals surface area (Å²) < 4.78 is 0. The predicted octanol–water partition coefficient (Wildman–Crippen LogP) is -0.245. The highest BCUT2D eigenvalue weighted by molar-refractivity contribution is 5.24. The lowest BCUT2D eigenvalue weighted by Gasteiger charge is -1.83. The average Bonchev–Trinajstić information content (AvgIpc) is 2.34. The Morgan fingerprint density at radius 2 is 2.50 bits per heavy atom. The maximum absolute atomic E-state index is 9.97. The summed E-state index contributed by atoms with van der Waals surface area (Å²) in [5.41, 5.74) is 0. The van der Waals surface area contributed by atoms with E-state index in [1.54, 1.807) is 7.05 Å². The highest BCUT2D eigenvalue weighted by Gasteiger charge is 2.10. The molecule has 0 saturated heterocycles. The van der Waals surface area contributed by atoms with Gasteiger partial charge in [-0.2, -0.15) is 0 Å². The number of hydrogen-bond donors (Lipinski definition) is 2. The number of aromatic nitrogens is 3. The van der Waals surface area contributed by atoms with Gasteiger partial charge in [0.25, 0.3) is 0 Å². The monoisotopic (exact) mass is 143 g/mol. The molecule has 0 saturated carbocycles. The highest BCUT2D eigenvalue weighted by atomic mass is 16.6. The second-order valence-electron chi connectivity index (χ2n) is 1.49. The molecule has 7 nitrogen and oxygen atoms in total. The molecule has 0 unspecified atom stereocenters. The number of nitro groups is 1. The summed E-state index contributed by atoms with van der Waals surface area (Å²) in [5.74, 6) is -0.143. The Morgan fingerprint density at radius 1 is 1.80 bits per heavy atom. The van der Waals surface area contributed by atoms with Gasteiger partial charge in [-0.05, 0) is 9.91 Å². The van der Waals surface area contributed by atoms with Crippen molar-refractivity contribution in [3.63, 3.8) is 0 Å². The Balaban J connectivity index is 2.88. The van der Waals surface area contributed by atoms with Crippen molar-refractivity contribution in [3.8, 4) is 0 Å². The van der Waals surface area contributed by atoms with Crippen molar-refractivity contribution in [1.82, 2.24) is 15.2 Å². The standard InChI is InChI=1S/C3H5N5O2/c1-4-2-5-3(7-6-2)8(9)10/h1H3,(H2,4,5,6,7). The van der Waals surface area contributed by atoms with Gasteiger partial charge in [0.05, 0.1) is 0 Å². The van der Waals surface area contributed by atoms with E-state index in [2.05, 4.69) is 20.5 Å². The number of anilines is 1. The smallest absolute Gasteiger partial charge is 0.390 e. The van der Waals surface area contributed by atoms with Crippen LogP contribution in [0.1, 0.15) is 0 Å². The fourth-order valence-corrected chi connectivity index (χ4v) is 0.447. The van der Waals surface area contributed by atoms with Gasteiger partial charge in [0.1, 0.15) is 0 Å². The van der Waals surface area contributed by atoms with Crippen molar-refractivity contribution in [1.29, 1.82) is 0 Å². The van der Waals surface area contributed by atoms with E-state index in [1.165, 1.54) is 0 Å². The predicted molar refractivity (Wildman–Crippen MR) is 32.6 cm³/mol. The van der Waals surface area contributed by atoms with Crippen LogP contribution in [0.2, 0.25) is 0 Å². The number of aromatic amines is 1. The van der Waals surface area contributed by atoms with Crippen molar-refractivity contribution in [3.05, 3.63) is 10.1 Å². The summed E-state index contributed by atoms with van der Waals surface area (Å²) in [6.45, 7) is 0. The van der Waals surface area contributed by atoms with Crippen molar-refractivity contribution in [2.75, 3.05) is 12.4 Å². The molecule has 0 aromatic carbocycles. The molecule has 0 atom stereocenters. The van der Waals surface area contributed by atoms with Crippen LogP contribution in [0.4, 0.5) is 11.9 Å². The molecule has 1 heterocycles. The SMILES string of the molecule is CNc1n[nH]c([N+](=O)[O-])n1. The molecule has 0 aliphatic heterocycles. The van der Waals surface area contributed by atoms with E-state index in [0.717, 1.165) is 0 Å². The molecule has 54 valence electrons. The summed E-state index contributed by atoms with van der Waals surface area (Å²) >= 11 is 0. The van der Waals surface area contributed by atoms with Crippen LogP contribution in [0, 0.1) is 10.1 Å². The fraction of sp³-hybridized carbons (Fsp3) is 0.333. The van der Waals surface area contributed by atoms with E-state index in [9.17, 15) is 10.1 Å². The molecule has 7 heteroatoms. The van der Waals surface area contributed by atoms with Crippen LogP contribution < -0.4 is 5.32 Å². The van der Waals surface area contributed by atoms with Crippen LogP contribution in [-0.2, 0) is 0 Å². The molecule has 10 heavy (non-hydrogen) atoms. The summed E-state index contributed by atoms with van der Waals surface area (Å²) in [7, 11) is 1.58. The lowest BCUT2D eigenvalue weighted by Crippen LogP contribution is -1.91. The van der Waals surface area contributed by atoms with Crippen LogP contribution in [0.3, 0.4) is 0 Å². The Morgan fingerprint density at radius 3 is 2.80 bits per heavy atom. The number of rotatable bonds is 2. The van der Waals surface area contributed by atoms with Crippen LogP contribution in [0.25, 0.3) is 0 Å². The largest absolute Gasteiger partial charge is 0.455 e. The molecule has 1 aromatic rings. The van der Waals surface area contributed by atoms with Gasteiger partial charge >= 0.3 is 11.9 Å². The minimum atomic E-state index is -0.645. The Labute approximate surface area is 55.6 Å².